The molecule has 11 heavy (non-hydrogen) atoms. The molecule has 0 aromatic rings. The maximum Gasteiger partial charge on any atom is 0.0703 e. The van der Waals surface area contributed by atoms with E-state index in [0.29, 0.717) is 11.2 Å². The van der Waals surface area contributed by atoms with Gasteiger partial charge >= 0.3 is 0 Å². The lowest BCUT2D eigenvalue weighted by Crippen LogP contribution is -2.23. The highest BCUT2D eigenvalue weighted by Crippen LogP contribution is 2.78. The maximum atomic E-state index is 5.93. The summed E-state index contributed by atoms with van der Waals surface area (Å²) >= 11 is 0. The van der Waals surface area contributed by atoms with Crippen molar-refractivity contribution in [2.45, 2.75) is 31.5 Å². The van der Waals surface area contributed by atoms with E-state index in [1.807, 2.05) is 0 Å². The molecule has 0 bridgehead atoms. The SMILES string of the molecule is [B]C1CCC1C1C(=C)C12CC2. The fourth-order valence-electron chi connectivity index (χ4n) is 2.92. The van der Waals surface area contributed by atoms with E-state index in [4.69, 9.17) is 7.85 Å². The Morgan fingerprint density at radius 2 is 2.09 bits per heavy atom. The Kier molecular flexibility index (Phi) is 0.921. The van der Waals surface area contributed by atoms with Crippen molar-refractivity contribution in [1.29, 1.82) is 0 Å². The zero-order valence-corrected chi connectivity index (χ0v) is 6.84. The zero-order chi connectivity index (χ0) is 7.64. The van der Waals surface area contributed by atoms with Crippen LogP contribution in [0.4, 0.5) is 0 Å². The van der Waals surface area contributed by atoms with Gasteiger partial charge in [0.1, 0.15) is 0 Å². The van der Waals surface area contributed by atoms with Crippen LogP contribution in [0, 0.1) is 17.3 Å². The van der Waals surface area contributed by atoms with Gasteiger partial charge in [0, 0.05) is 0 Å². The molecule has 0 saturated heterocycles. The first-order valence-corrected chi connectivity index (χ1v) is 4.70. The van der Waals surface area contributed by atoms with E-state index in [-0.39, 0.29) is 0 Å². The van der Waals surface area contributed by atoms with Crippen LogP contribution < -0.4 is 0 Å². The Morgan fingerprint density at radius 1 is 1.36 bits per heavy atom. The molecule has 3 aliphatic rings. The average molecular weight is 144 g/mol. The van der Waals surface area contributed by atoms with Crippen LogP contribution in [0.25, 0.3) is 0 Å². The minimum atomic E-state index is 0.511. The molecule has 0 aromatic heterocycles. The summed E-state index contributed by atoms with van der Waals surface area (Å²) < 4.78 is 0. The first-order chi connectivity index (χ1) is 5.26. The molecule has 56 valence electrons. The van der Waals surface area contributed by atoms with Gasteiger partial charge in [-0.15, -0.1) is 0 Å². The molecule has 0 amide bonds. The van der Waals surface area contributed by atoms with Crippen LogP contribution in [0.15, 0.2) is 12.2 Å². The molecule has 0 nitrogen and oxygen atoms in total. The Hall–Kier alpha value is -0.195. The van der Waals surface area contributed by atoms with Gasteiger partial charge < -0.3 is 0 Å². The summed E-state index contributed by atoms with van der Waals surface area (Å²) in [4.78, 5) is 0. The summed E-state index contributed by atoms with van der Waals surface area (Å²) in [7, 11) is 5.93. The van der Waals surface area contributed by atoms with Crippen molar-refractivity contribution >= 4 is 7.85 Å². The Bertz CT molecular complexity index is 227. The lowest BCUT2D eigenvalue weighted by Gasteiger charge is -2.34. The van der Waals surface area contributed by atoms with E-state index in [0.717, 1.165) is 11.8 Å². The summed E-state index contributed by atoms with van der Waals surface area (Å²) in [5.41, 5.74) is 2.19. The fourth-order valence-corrected chi connectivity index (χ4v) is 2.92. The van der Waals surface area contributed by atoms with Crippen LogP contribution in [0.3, 0.4) is 0 Å². The summed E-state index contributed by atoms with van der Waals surface area (Å²) in [5, 5.41) is 0. The summed E-state index contributed by atoms with van der Waals surface area (Å²) in [6, 6.07) is 0. The fraction of sp³-hybridized carbons (Fsp3) is 0.800. The molecular formula is C10H13B. The molecule has 0 aliphatic heterocycles. The molecule has 2 radical (unpaired) electrons. The second kappa shape index (κ2) is 1.60. The van der Waals surface area contributed by atoms with Gasteiger partial charge in [-0.05, 0) is 30.1 Å². The van der Waals surface area contributed by atoms with E-state index < -0.39 is 0 Å². The van der Waals surface area contributed by atoms with Gasteiger partial charge in [-0.3, -0.25) is 0 Å². The van der Waals surface area contributed by atoms with Crippen molar-refractivity contribution in [3.63, 3.8) is 0 Å². The van der Waals surface area contributed by atoms with E-state index in [9.17, 15) is 0 Å². The predicted octanol–water partition coefficient (Wildman–Crippen LogP) is 2.32. The Labute approximate surface area is 69.5 Å². The van der Waals surface area contributed by atoms with E-state index in [1.165, 1.54) is 31.3 Å². The zero-order valence-electron chi connectivity index (χ0n) is 6.84. The molecule has 3 rings (SSSR count). The smallest absolute Gasteiger partial charge is 0.0703 e. The third-order valence-electron chi connectivity index (χ3n) is 4.13. The highest BCUT2D eigenvalue weighted by molar-refractivity contribution is 6.12. The second-order valence-electron chi connectivity index (χ2n) is 4.56. The lowest BCUT2D eigenvalue weighted by molar-refractivity contribution is 0.268. The van der Waals surface area contributed by atoms with Gasteiger partial charge in [-0.1, -0.05) is 30.8 Å². The molecule has 3 atom stereocenters. The quantitative estimate of drug-likeness (QED) is 0.391. The molecule has 3 saturated carbocycles. The van der Waals surface area contributed by atoms with Gasteiger partial charge in [0.05, 0.1) is 7.85 Å². The van der Waals surface area contributed by atoms with E-state index >= 15 is 0 Å². The van der Waals surface area contributed by atoms with Crippen molar-refractivity contribution in [3.8, 4) is 0 Å². The summed E-state index contributed by atoms with van der Waals surface area (Å²) in [5.74, 6) is 2.19. The molecule has 0 N–H and O–H groups in total. The third kappa shape index (κ3) is 0.590. The van der Waals surface area contributed by atoms with Gasteiger partial charge in [-0.2, -0.15) is 0 Å². The van der Waals surface area contributed by atoms with E-state index in [2.05, 4.69) is 6.58 Å². The van der Waals surface area contributed by atoms with Gasteiger partial charge in [0.15, 0.2) is 0 Å². The molecule has 3 aliphatic carbocycles. The molecular weight excluding hydrogens is 131 g/mol. The lowest BCUT2D eigenvalue weighted by atomic mass is 9.60. The number of hydrogen-bond acceptors (Lipinski definition) is 0. The highest BCUT2D eigenvalue weighted by atomic mass is 14.7. The summed E-state index contributed by atoms with van der Waals surface area (Å²) in [6.45, 7) is 4.15. The molecule has 0 heterocycles. The van der Waals surface area contributed by atoms with E-state index in [1.54, 1.807) is 0 Å². The van der Waals surface area contributed by atoms with Crippen molar-refractivity contribution in [3.05, 3.63) is 12.2 Å². The monoisotopic (exact) mass is 144 g/mol. The van der Waals surface area contributed by atoms with Crippen LogP contribution >= 0.6 is 0 Å². The minimum Gasteiger partial charge on any atom is -0.0990 e. The van der Waals surface area contributed by atoms with Gasteiger partial charge in [0.2, 0.25) is 0 Å². The molecule has 1 heteroatoms. The number of rotatable bonds is 1. The first-order valence-electron chi connectivity index (χ1n) is 4.70. The van der Waals surface area contributed by atoms with Crippen LogP contribution in [0.5, 0.6) is 0 Å². The van der Waals surface area contributed by atoms with Gasteiger partial charge in [0.25, 0.3) is 0 Å². The van der Waals surface area contributed by atoms with Crippen molar-refractivity contribution in [2.24, 2.45) is 17.3 Å². The number of hydrogen-bond donors (Lipinski definition) is 0. The highest BCUT2D eigenvalue weighted by Gasteiger charge is 2.69. The van der Waals surface area contributed by atoms with Crippen LogP contribution in [-0.2, 0) is 0 Å². The van der Waals surface area contributed by atoms with Crippen LogP contribution in [-0.4, -0.2) is 7.85 Å². The standard InChI is InChI=1S/C10H13B/c1-6-9(10(6)4-5-10)7-2-3-8(7)11/h7-9H,1-5H2. The topological polar surface area (TPSA) is 0 Å². The summed E-state index contributed by atoms with van der Waals surface area (Å²) in [6.07, 6.45) is 5.45. The normalized spacial score (nSPS) is 50.5. The predicted molar refractivity (Wildman–Crippen MR) is 46.5 cm³/mol. The average Bonchev–Trinajstić information content (AvgIpc) is 2.83. The van der Waals surface area contributed by atoms with Crippen LogP contribution in [0.2, 0.25) is 5.82 Å². The Morgan fingerprint density at radius 3 is 2.36 bits per heavy atom. The molecule has 1 spiro atoms. The van der Waals surface area contributed by atoms with Crippen LogP contribution in [0.1, 0.15) is 25.7 Å². The maximum absolute atomic E-state index is 5.93. The largest absolute Gasteiger partial charge is 0.0990 e. The molecule has 0 aromatic carbocycles. The number of allylic oxidation sites excluding steroid dienone is 1. The third-order valence-corrected chi connectivity index (χ3v) is 4.13. The first kappa shape index (κ1) is 6.34. The Balaban J connectivity index is 1.78. The second-order valence-corrected chi connectivity index (χ2v) is 4.56. The van der Waals surface area contributed by atoms with Crippen molar-refractivity contribution in [2.75, 3.05) is 0 Å². The van der Waals surface area contributed by atoms with Crippen molar-refractivity contribution in [1.82, 2.24) is 0 Å². The van der Waals surface area contributed by atoms with Gasteiger partial charge in [-0.25, -0.2) is 0 Å². The molecule has 3 unspecified atom stereocenters. The van der Waals surface area contributed by atoms with Crippen molar-refractivity contribution < 1.29 is 0 Å². The molecule has 3 fully saturated rings. The minimum absolute atomic E-state index is 0.511.